The smallest absolute Gasteiger partial charge is 0.311 e. The van der Waals surface area contributed by atoms with Crippen LogP contribution in [-0.4, -0.2) is 33.9 Å². The predicted octanol–water partition coefficient (Wildman–Crippen LogP) is 3.64. The maximum Gasteiger partial charge on any atom is 0.311 e. The average molecular weight is 389 g/mol. The first kappa shape index (κ1) is 19.3. The maximum absolute atomic E-state index is 12.7. The van der Waals surface area contributed by atoms with Gasteiger partial charge in [0, 0.05) is 30.3 Å². The van der Waals surface area contributed by atoms with Crippen LogP contribution in [0.1, 0.15) is 51.1 Å². The molecular formula is C19H23N3O4S. The minimum Gasteiger partial charge on any atom is -0.487 e. The molecule has 0 spiro atoms. The molecule has 2 aliphatic rings. The number of hydrogen-bond donors (Lipinski definition) is 1. The van der Waals surface area contributed by atoms with Gasteiger partial charge in [0.15, 0.2) is 16.6 Å². The van der Waals surface area contributed by atoms with Crippen molar-refractivity contribution in [2.24, 2.45) is 0 Å². The van der Waals surface area contributed by atoms with E-state index in [1.54, 1.807) is 12.1 Å². The highest BCUT2D eigenvalue weighted by molar-refractivity contribution is 7.80. The number of hydrogen-bond acceptors (Lipinski definition) is 5. The Labute approximate surface area is 163 Å². The second-order valence-electron chi connectivity index (χ2n) is 6.60. The molecule has 1 heterocycles. The van der Waals surface area contributed by atoms with Crippen molar-refractivity contribution >= 4 is 28.8 Å². The van der Waals surface area contributed by atoms with Crippen molar-refractivity contribution in [3.05, 3.63) is 45.1 Å². The number of nitrogens with zero attached hydrogens (tertiary/aromatic N) is 2. The highest BCUT2D eigenvalue weighted by atomic mass is 32.1. The highest BCUT2D eigenvalue weighted by Gasteiger charge is 2.37. The van der Waals surface area contributed by atoms with E-state index in [4.69, 9.17) is 17.0 Å². The standard InChI is InChI=1S/C19H23N3O4S/c1-3-10-26-16-9-8-12(11-14(16)22(24)25)18-17-13(6-5-7-15(17)23)21(4-2)19(27)20-18/h8-9,11,18H,3-7,10H2,1-2H3,(H,20,27). The molecule has 0 saturated carbocycles. The Morgan fingerprint density at radius 1 is 1.37 bits per heavy atom. The van der Waals surface area contributed by atoms with E-state index >= 15 is 0 Å². The molecule has 1 unspecified atom stereocenters. The van der Waals surface area contributed by atoms with E-state index in [9.17, 15) is 14.9 Å². The molecule has 27 heavy (non-hydrogen) atoms. The third-order valence-corrected chi connectivity index (χ3v) is 5.19. The van der Waals surface area contributed by atoms with Crippen molar-refractivity contribution in [2.45, 2.75) is 45.6 Å². The summed E-state index contributed by atoms with van der Waals surface area (Å²) in [4.78, 5) is 25.7. The van der Waals surface area contributed by atoms with Crippen LogP contribution >= 0.6 is 12.2 Å². The van der Waals surface area contributed by atoms with E-state index in [-0.39, 0.29) is 17.2 Å². The van der Waals surface area contributed by atoms with Crippen molar-refractivity contribution in [1.29, 1.82) is 0 Å². The van der Waals surface area contributed by atoms with Gasteiger partial charge in [-0.2, -0.15) is 0 Å². The maximum atomic E-state index is 12.7. The number of nitro benzene ring substituents is 1. The Balaban J connectivity index is 2.06. The van der Waals surface area contributed by atoms with Crippen LogP contribution in [0.5, 0.6) is 5.75 Å². The second kappa shape index (κ2) is 8.04. The summed E-state index contributed by atoms with van der Waals surface area (Å²) in [5.41, 5.74) is 2.16. The van der Waals surface area contributed by atoms with Crippen LogP contribution in [0.4, 0.5) is 5.69 Å². The number of allylic oxidation sites excluding steroid dienone is 1. The fraction of sp³-hybridized carbons (Fsp3) is 0.474. The molecule has 0 radical (unpaired) electrons. The van der Waals surface area contributed by atoms with Gasteiger partial charge >= 0.3 is 5.69 Å². The van der Waals surface area contributed by atoms with E-state index in [0.29, 0.717) is 35.8 Å². The molecule has 0 fully saturated rings. The van der Waals surface area contributed by atoms with E-state index in [0.717, 1.165) is 25.0 Å². The number of Topliss-reactive ketones (excluding diaryl/α,β-unsaturated/α-hetero) is 1. The first-order chi connectivity index (χ1) is 13.0. The molecule has 0 saturated heterocycles. The summed E-state index contributed by atoms with van der Waals surface area (Å²) < 4.78 is 5.50. The Hall–Kier alpha value is -2.48. The quantitative estimate of drug-likeness (QED) is 0.452. The number of benzene rings is 1. The van der Waals surface area contributed by atoms with Crippen molar-refractivity contribution in [2.75, 3.05) is 13.2 Å². The van der Waals surface area contributed by atoms with Gasteiger partial charge in [0.2, 0.25) is 0 Å². The normalized spacial score (nSPS) is 19.6. The Kier molecular flexibility index (Phi) is 5.74. The summed E-state index contributed by atoms with van der Waals surface area (Å²) in [6.07, 6.45) is 2.83. The lowest BCUT2D eigenvalue weighted by atomic mass is 9.84. The molecule has 1 aromatic carbocycles. The fourth-order valence-corrected chi connectivity index (χ4v) is 3.98. The molecule has 0 amide bonds. The zero-order valence-corrected chi connectivity index (χ0v) is 16.3. The molecule has 1 atom stereocenters. The highest BCUT2D eigenvalue weighted by Crippen LogP contribution is 2.39. The Morgan fingerprint density at radius 2 is 2.15 bits per heavy atom. The van der Waals surface area contributed by atoms with Crippen LogP contribution in [0.2, 0.25) is 0 Å². The van der Waals surface area contributed by atoms with Crippen LogP contribution in [0, 0.1) is 10.1 Å². The number of ketones is 1. The van der Waals surface area contributed by atoms with Crippen LogP contribution in [0.3, 0.4) is 0 Å². The summed E-state index contributed by atoms with van der Waals surface area (Å²) in [6, 6.07) is 4.39. The van der Waals surface area contributed by atoms with E-state index in [2.05, 4.69) is 5.32 Å². The van der Waals surface area contributed by atoms with Gasteiger partial charge in [-0.3, -0.25) is 14.9 Å². The summed E-state index contributed by atoms with van der Waals surface area (Å²) >= 11 is 5.49. The van der Waals surface area contributed by atoms with Gasteiger partial charge in [-0.25, -0.2) is 0 Å². The van der Waals surface area contributed by atoms with E-state index < -0.39 is 11.0 Å². The fourth-order valence-electron chi connectivity index (χ4n) is 3.63. The molecule has 1 aliphatic carbocycles. The van der Waals surface area contributed by atoms with Crippen LogP contribution in [0.15, 0.2) is 29.5 Å². The molecule has 1 aliphatic heterocycles. The van der Waals surface area contributed by atoms with Gasteiger partial charge < -0.3 is 15.0 Å². The third kappa shape index (κ3) is 3.66. The predicted molar refractivity (Wildman–Crippen MR) is 106 cm³/mol. The number of ether oxygens (including phenoxy) is 1. The third-order valence-electron chi connectivity index (χ3n) is 4.85. The largest absolute Gasteiger partial charge is 0.487 e. The first-order valence-corrected chi connectivity index (χ1v) is 9.64. The van der Waals surface area contributed by atoms with Crippen molar-refractivity contribution < 1.29 is 14.5 Å². The zero-order chi connectivity index (χ0) is 19.6. The number of carbonyl (C=O) groups is 1. The summed E-state index contributed by atoms with van der Waals surface area (Å²) in [5.74, 6) is 0.312. The minimum atomic E-state index is -0.470. The van der Waals surface area contributed by atoms with Gasteiger partial charge in [-0.15, -0.1) is 0 Å². The number of nitro groups is 1. The van der Waals surface area contributed by atoms with E-state index in [1.807, 2.05) is 18.7 Å². The summed E-state index contributed by atoms with van der Waals surface area (Å²) in [6.45, 7) is 5.01. The zero-order valence-electron chi connectivity index (χ0n) is 15.5. The molecule has 7 nitrogen and oxygen atoms in total. The molecule has 8 heteroatoms. The molecule has 1 N–H and O–H groups in total. The molecular weight excluding hydrogens is 366 g/mol. The van der Waals surface area contributed by atoms with Gasteiger partial charge in [0.1, 0.15) is 0 Å². The van der Waals surface area contributed by atoms with Crippen LogP contribution in [0.25, 0.3) is 0 Å². The SMILES string of the molecule is CCCOc1ccc(C2NC(=S)N(CC)C3=C2C(=O)CCC3)cc1[N+](=O)[O-]. The number of carbonyl (C=O) groups excluding carboxylic acids is 1. The summed E-state index contributed by atoms with van der Waals surface area (Å²) in [7, 11) is 0. The number of nitrogens with one attached hydrogen (secondary N) is 1. The molecule has 0 aromatic heterocycles. The summed E-state index contributed by atoms with van der Waals surface area (Å²) in [5, 5.41) is 15.3. The molecule has 0 bridgehead atoms. The second-order valence-corrected chi connectivity index (χ2v) is 6.98. The van der Waals surface area contributed by atoms with Crippen molar-refractivity contribution in [3.8, 4) is 5.75 Å². The van der Waals surface area contributed by atoms with Gasteiger partial charge in [-0.05, 0) is 50.0 Å². The molecule has 3 rings (SSSR count). The van der Waals surface area contributed by atoms with Crippen molar-refractivity contribution in [3.63, 3.8) is 0 Å². The van der Waals surface area contributed by atoms with Crippen molar-refractivity contribution in [1.82, 2.24) is 10.2 Å². The topological polar surface area (TPSA) is 84.7 Å². The lowest BCUT2D eigenvalue weighted by Gasteiger charge is -2.40. The number of thiocarbonyl (C=S) groups is 1. The van der Waals surface area contributed by atoms with Crippen LogP contribution < -0.4 is 10.1 Å². The monoisotopic (exact) mass is 389 g/mol. The lowest BCUT2D eigenvalue weighted by Crippen LogP contribution is -2.49. The molecule has 144 valence electrons. The minimum absolute atomic E-state index is 0.0728. The lowest BCUT2D eigenvalue weighted by molar-refractivity contribution is -0.385. The molecule has 1 aromatic rings. The van der Waals surface area contributed by atoms with Gasteiger partial charge in [0.25, 0.3) is 0 Å². The Bertz CT molecular complexity index is 821. The van der Waals surface area contributed by atoms with Gasteiger partial charge in [-0.1, -0.05) is 13.0 Å². The van der Waals surface area contributed by atoms with E-state index in [1.165, 1.54) is 6.07 Å². The van der Waals surface area contributed by atoms with Crippen LogP contribution in [-0.2, 0) is 4.79 Å². The average Bonchev–Trinajstić information content (AvgIpc) is 2.65. The van der Waals surface area contributed by atoms with Gasteiger partial charge in [0.05, 0.1) is 17.6 Å². The Morgan fingerprint density at radius 3 is 2.81 bits per heavy atom. The number of rotatable bonds is 6. The first-order valence-electron chi connectivity index (χ1n) is 9.23.